The fraction of sp³-hybridized carbons (Fsp3) is 0.350. The maximum absolute atomic E-state index is 13.1. The molecule has 2 heterocycles. The minimum absolute atomic E-state index is 0.117. The van der Waals surface area contributed by atoms with Gasteiger partial charge >= 0.3 is 0 Å². The molecule has 0 aliphatic carbocycles. The van der Waals surface area contributed by atoms with Crippen LogP contribution >= 0.6 is 0 Å². The lowest BCUT2D eigenvalue weighted by Crippen LogP contribution is -2.28. The van der Waals surface area contributed by atoms with Gasteiger partial charge in [-0.05, 0) is 51.5 Å². The molecule has 0 spiro atoms. The zero-order valence-corrected chi connectivity index (χ0v) is 15.9. The second kappa shape index (κ2) is 7.73. The van der Waals surface area contributed by atoms with Crippen LogP contribution in [0.2, 0.25) is 0 Å². The van der Waals surface area contributed by atoms with Gasteiger partial charge in [-0.15, -0.1) is 0 Å². The highest BCUT2D eigenvalue weighted by Gasteiger charge is 2.23. The highest BCUT2D eigenvalue weighted by Crippen LogP contribution is 2.25. The molecule has 0 radical (unpaired) electrons. The molecule has 7 heteroatoms. The van der Waals surface area contributed by atoms with Crippen LogP contribution in [-0.2, 0) is 6.54 Å². The number of benzene rings is 1. The molecule has 0 aliphatic heterocycles. The first-order valence-corrected chi connectivity index (χ1v) is 9.02. The predicted molar refractivity (Wildman–Crippen MR) is 99.8 cm³/mol. The van der Waals surface area contributed by atoms with Crippen LogP contribution in [0.15, 0.2) is 34.9 Å². The summed E-state index contributed by atoms with van der Waals surface area (Å²) < 4.78 is 20.2. The van der Waals surface area contributed by atoms with E-state index in [1.807, 2.05) is 32.4 Å². The number of nitrogens with zero attached hydrogens (tertiary/aromatic N) is 3. The third-order valence-corrected chi connectivity index (χ3v) is 4.67. The molecule has 1 N–H and O–H groups in total. The molecule has 6 nitrogen and oxygen atoms in total. The summed E-state index contributed by atoms with van der Waals surface area (Å²) in [4.78, 5) is 12.7. The van der Waals surface area contributed by atoms with Gasteiger partial charge in [-0.3, -0.25) is 9.48 Å². The van der Waals surface area contributed by atoms with Crippen molar-refractivity contribution in [2.24, 2.45) is 0 Å². The summed E-state index contributed by atoms with van der Waals surface area (Å²) in [6, 6.07) is 7.26. The molecule has 0 saturated carbocycles. The molecular weight excluding hydrogens is 347 g/mol. The quantitative estimate of drug-likeness (QED) is 0.706. The summed E-state index contributed by atoms with van der Waals surface area (Å²) in [6.45, 7) is 8.78. The number of amides is 1. The molecule has 2 aromatic heterocycles. The molecule has 1 unspecified atom stereocenters. The number of halogens is 1. The Bertz CT molecular complexity index is 944. The van der Waals surface area contributed by atoms with E-state index in [1.165, 1.54) is 12.1 Å². The summed E-state index contributed by atoms with van der Waals surface area (Å²) in [5, 5.41) is 11.5. The van der Waals surface area contributed by atoms with Crippen molar-refractivity contribution in [3.8, 4) is 11.3 Å². The minimum Gasteiger partial charge on any atom is -0.350 e. The number of rotatable bonds is 6. The SMILES string of the molecule is CCC(NC(=O)c1cc(-c2ccc(F)cc2)no1)c1c(C)nn(CC)c1C. The molecule has 1 aromatic carbocycles. The van der Waals surface area contributed by atoms with Gasteiger partial charge in [0.15, 0.2) is 0 Å². The van der Waals surface area contributed by atoms with Crippen molar-refractivity contribution >= 4 is 5.91 Å². The van der Waals surface area contributed by atoms with Crippen molar-refractivity contribution < 1.29 is 13.7 Å². The van der Waals surface area contributed by atoms with Crippen molar-refractivity contribution in [3.63, 3.8) is 0 Å². The van der Waals surface area contributed by atoms with Gasteiger partial charge in [-0.25, -0.2) is 4.39 Å². The van der Waals surface area contributed by atoms with E-state index in [0.717, 1.165) is 29.9 Å². The summed E-state index contributed by atoms with van der Waals surface area (Å²) in [5.41, 5.74) is 4.16. The Morgan fingerprint density at radius 3 is 2.56 bits per heavy atom. The van der Waals surface area contributed by atoms with Crippen molar-refractivity contribution in [3.05, 3.63) is 58.9 Å². The van der Waals surface area contributed by atoms with E-state index in [0.29, 0.717) is 11.3 Å². The largest absolute Gasteiger partial charge is 0.350 e. The monoisotopic (exact) mass is 370 g/mol. The highest BCUT2D eigenvalue weighted by molar-refractivity contribution is 5.92. The van der Waals surface area contributed by atoms with Gasteiger partial charge in [-0.1, -0.05) is 12.1 Å². The van der Waals surface area contributed by atoms with Gasteiger partial charge in [0, 0.05) is 29.4 Å². The van der Waals surface area contributed by atoms with Gasteiger partial charge < -0.3 is 9.84 Å². The predicted octanol–water partition coefficient (Wildman–Crippen LogP) is 4.20. The number of nitrogens with one attached hydrogen (secondary N) is 1. The molecule has 142 valence electrons. The molecule has 0 bridgehead atoms. The van der Waals surface area contributed by atoms with E-state index in [4.69, 9.17) is 4.52 Å². The summed E-state index contributed by atoms with van der Waals surface area (Å²) in [7, 11) is 0. The molecule has 3 rings (SSSR count). The third kappa shape index (κ3) is 3.77. The zero-order valence-electron chi connectivity index (χ0n) is 15.9. The number of aryl methyl sites for hydroxylation is 2. The van der Waals surface area contributed by atoms with Crippen molar-refractivity contribution in [1.82, 2.24) is 20.3 Å². The van der Waals surface area contributed by atoms with Crippen LogP contribution in [0, 0.1) is 19.7 Å². The standard InChI is InChI=1S/C20H23FN4O2/c1-5-16(19-12(3)23-25(6-2)13(19)4)22-20(26)18-11-17(24-27-18)14-7-9-15(21)10-8-14/h7-11,16H,5-6H2,1-4H3,(H,22,26). The number of carbonyl (C=O) groups excluding carboxylic acids is 1. The van der Waals surface area contributed by atoms with Crippen LogP contribution in [0.4, 0.5) is 4.39 Å². The van der Waals surface area contributed by atoms with Crippen LogP contribution in [-0.4, -0.2) is 20.8 Å². The number of hydrogen-bond donors (Lipinski definition) is 1. The first-order chi connectivity index (χ1) is 12.9. The van der Waals surface area contributed by atoms with E-state index in [2.05, 4.69) is 15.6 Å². The van der Waals surface area contributed by atoms with Crippen LogP contribution in [0.5, 0.6) is 0 Å². The second-order valence-electron chi connectivity index (χ2n) is 6.42. The molecule has 0 fully saturated rings. The van der Waals surface area contributed by atoms with Crippen molar-refractivity contribution in [2.45, 2.75) is 46.7 Å². The smallest absolute Gasteiger partial charge is 0.290 e. The molecule has 0 saturated heterocycles. The summed E-state index contributed by atoms with van der Waals surface area (Å²) in [6.07, 6.45) is 0.724. The van der Waals surface area contributed by atoms with Gasteiger partial charge in [-0.2, -0.15) is 5.10 Å². The minimum atomic E-state index is -0.342. The maximum atomic E-state index is 13.1. The maximum Gasteiger partial charge on any atom is 0.290 e. The third-order valence-electron chi connectivity index (χ3n) is 4.67. The first-order valence-electron chi connectivity index (χ1n) is 9.02. The Balaban J connectivity index is 1.80. The van der Waals surface area contributed by atoms with Crippen LogP contribution < -0.4 is 5.32 Å². The Hall–Kier alpha value is -2.96. The molecule has 3 aromatic rings. The summed E-state index contributed by atoms with van der Waals surface area (Å²) >= 11 is 0. The summed E-state index contributed by atoms with van der Waals surface area (Å²) in [5.74, 6) is -0.555. The number of aromatic nitrogens is 3. The van der Waals surface area contributed by atoms with Crippen LogP contribution in [0.3, 0.4) is 0 Å². The molecule has 1 atom stereocenters. The fourth-order valence-electron chi connectivity index (χ4n) is 3.27. The molecule has 0 aliphatic rings. The number of hydrogen-bond acceptors (Lipinski definition) is 4. The lowest BCUT2D eigenvalue weighted by Gasteiger charge is -2.17. The fourth-order valence-corrected chi connectivity index (χ4v) is 3.27. The second-order valence-corrected chi connectivity index (χ2v) is 6.42. The van der Waals surface area contributed by atoms with E-state index in [1.54, 1.807) is 18.2 Å². The van der Waals surface area contributed by atoms with Crippen LogP contribution in [0.1, 0.15) is 53.8 Å². The topological polar surface area (TPSA) is 73.0 Å². The van der Waals surface area contributed by atoms with Crippen molar-refractivity contribution in [1.29, 1.82) is 0 Å². The lowest BCUT2D eigenvalue weighted by atomic mass is 10.0. The Morgan fingerprint density at radius 1 is 1.26 bits per heavy atom. The molecule has 27 heavy (non-hydrogen) atoms. The van der Waals surface area contributed by atoms with E-state index >= 15 is 0 Å². The van der Waals surface area contributed by atoms with Gasteiger partial charge in [0.2, 0.25) is 5.76 Å². The Morgan fingerprint density at radius 2 is 1.96 bits per heavy atom. The van der Waals surface area contributed by atoms with E-state index in [-0.39, 0.29) is 23.5 Å². The average molecular weight is 370 g/mol. The van der Waals surface area contributed by atoms with Gasteiger partial charge in [0.1, 0.15) is 11.5 Å². The van der Waals surface area contributed by atoms with Gasteiger partial charge in [0.05, 0.1) is 11.7 Å². The van der Waals surface area contributed by atoms with E-state index in [9.17, 15) is 9.18 Å². The highest BCUT2D eigenvalue weighted by atomic mass is 19.1. The van der Waals surface area contributed by atoms with E-state index < -0.39 is 0 Å². The molecule has 1 amide bonds. The normalized spacial score (nSPS) is 12.2. The zero-order chi connectivity index (χ0) is 19.6. The lowest BCUT2D eigenvalue weighted by molar-refractivity contribution is 0.0898. The Labute approximate surface area is 157 Å². The van der Waals surface area contributed by atoms with Gasteiger partial charge in [0.25, 0.3) is 5.91 Å². The number of carbonyl (C=O) groups is 1. The van der Waals surface area contributed by atoms with Crippen molar-refractivity contribution in [2.75, 3.05) is 0 Å². The molecular formula is C20H23FN4O2. The Kier molecular flexibility index (Phi) is 5.39. The average Bonchev–Trinajstić information content (AvgIpc) is 3.25. The first kappa shape index (κ1) is 18.8. The van der Waals surface area contributed by atoms with Crippen LogP contribution in [0.25, 0.3) is 11.3 Å².